The number of thioether (sulfide) groups is 1. The van der Waals surface area contributed by atoms with E-state index in [-0.39, 0.29) is 11.2 Å². The molecule has 0 saturated heterocycles. The van der Waals surface area contributed by atoms with E-state index in [4.69, 9.17) is 5.73 Å². The SMILES string of the molecule is Cc1cc(N)ccc1SC(C)C(=O)NCC(C)C. The van der Waals surface area contributed by atoms with Crippen molar-refractivity contribution in [3.05, 3.63) is 23.8 Å². The largest absolute Gasteiger partial charge is 0.399 e. The minimum atomic E-state index is -0.0916. The van der Waals surface area contributed by atoms with Gasteiger partial charge in [0, 0.05) is 17.1 Å². The Kier molecular flexibility index (Phi) is 5.54. The van der Waals surface area contributed by atoms with E-state index < -0.39 is 0 Å². The van der Waals surface area contributed by atoms with Crippen molar-refractivity contribution in [2.24, 2.45) is 5.92 Å². The zero-order valence-electron chi connectivity index (χ0n) is 11.5. The summed E-state index contributed by atoms with van der Waals surface area (Å²) >= 11 is 1.57. The summed E-state index contributed by atoms with van der Waals surface area (Å²) in [5, 5.41) is 2.86. The van der Waals surface area contributed by atoms with Gasteiger partial charge in [-0.15, -0.1) is 11.8 Å². The van der Waals surface area contributed by atoms with E-state index in [0.29, 0.717) is 5.92 Å². The second-order valence-corrected chi connectivity index (χ2v) is 6.31. The molecule has 0 spiro atoms. The topological polar surface area (TPSA) is 55.1 Å². The van der Waals surface area contributed by atoms with Crippen LogP contribution in [0, 0.1) is 12.8 Å². The number of nitrogen functional groups attached to an aromatic ring is 1. The molecule has 0 heterocycles. The Morgan fingerprint density at radius 2 is 2.06 bits per heavy atom. The molecule has 0 aliphatic heterocycles. The summed E-state index contributed by atoms with van der Waals surface area (Å²) in [6.45, 7) is 8.84. The Labute approximate surface area is 114 Å². The molecule has 0 bridgehead atoms. The number of carbonyl (C=O) groups is 1. The monoisotopic (exact) mass is 266 g/mol. The molecule has 3 N–H and O–H groups in total. The van der Waals surface area contributed by atoms with E-state index in [1.165, 1.54) is 0 Å². The highest BCUT2D eigenvalue weighted by molar-refractivity contribution is 8.00. The minimum Gasteiger partial charge on any atom is -0.399 e. The van der Waals surface area contributed by atoms with Crippen LogP contribution < -0.4 is 11.1 Å². The molecular weight excluding hydrogens is 244 g/mol. The molecule has 1 aromatic rings. The molecule has 1 atom stereocenters. The minimum absolute atomic E-state index is 0.0879. The molecule has 0 aliphatic rings. The smallest absolute Gasteiger partial charge is 0.233 e. The van der Waals surface area contributed by atoms with Gasteiger partial charge in [0.1, 0.15) is 0 Å². The number of aryl methyl sites for hydroxylation is 1. The molecule has 0 saturated carbocycles. The molecule has 4 heteroatoms. The number of nitrogens with one attached hydrogen (secondary N) is 1. The van der Waals surface area contributed by atoms with Crippen LogP contribution in [0.25, 0.3) is 0 Å². The van der Waals surface area contributed by atoms with Gasteiger partial charge >= 0.3 is 0 Å². The zero-order chi connectivity index (χ0) is 13.7. The summed E-state index contributed by atoms with van der Waals surface area (Å²) in [4.78, 5) is 13.0. The Hall–Kier alpha value is -1.16. The van der Waals surface area contributed by atoms with Crippen LogP contribution in [0.5, 0.6) is 0 Å². The molecule has 1 amide bonds. The van der Waals surface area contributed by atoms with E-state index in [2.05, 4.69) is 19.2 Å². The fourth-order valence-electron chi connectivity index (χ4n) is 1.50. The van der Waals surface area contributed by atoms with Gasteiger partial charge in [0.2, 0.25) is 5.91 Å². The van der Waals surface area contributed by atoms with Gasteiger partial charge in [-0.1, -0.05) is 13.8 Å². The van der Waals surface area contributed by atoms with Gasteiger partial charge in [0.05, 0.1) is 5.25 Å². The Balaban J connectivity index is 2.58. The van der Waals surface area contributed by atoms with Gasteiger partial charge in [0.15, 0.2) is 0 Å². The van der Waals surface area contributed by atoms with Crippen molar-refractivity contribution in [2.75, 3.05) is 12.3 Å². The number of amides is 1. The van der Waals surface area contributed by atoms with Gasteiger partial charge < -0.3 is 11.1 Å². The molecule has 1 rings (SSSR count). The summed E-state index contributed by atoms with van der Waals surface area (Å²) in [7, 11) is 0. The van der Waals surface area contributed by atoms with Crippen LogP contribution in [0.15, 0.2) is 23.1 Å². The number of carbonyl (C=O) groups excluding carboxylic acids is 1. The van der Waals surface area contributed by atoms with Crippen LogP contribution in [0.4, 0.5) is 5.69 Å². The lowest BCUT2D eigenvalue weighted by atomic mass is 10.2. The van der Waals surface area contributed by atoms with E-state index in [0.717, 1.165) is 22.7 Å². The molecule has 0 aromatic heterocycles. The summed E-state index contributed by atoms with van der Waals surface area (Å²) in [6, 6.07) is 5.77. The average molecular weight is 266 g/mol. The molecule has 100 valence electrons. The lowest BCUT2D eigenvalue weighted by Gasteiger charge is -2.14. The predicted molar refractivity (Wildman–Crippen MR) is 78.8 cm³/mol. The van der Waals surface area contributed by atoms with Crippen LogP contribution in [0.3, 0.4) is 0 Å². The first-order valence-electron chi connectivity index (χ1n) is 6.20. The quantitative estimate of drug-likeness (QED) is 0.636. The van der Waals surface area contributed by atoms with Crippen molar-refractivity contribution in [3.8, 4) is 0 Å². The second kappa shape index (κ2) is 6.69. The van der Waals surface area contributed by atoms with Crippen molar-refractivity contribution < 1.29 is 4.79 Å². The molecule has 3 nitrogen and oxygen atoms in total. The molecule has 0 fully saturated rings. The van der Waals surface area contributed by atoms with Crippen molar-refractivity contribution in [2.45, 2.75) is 37.8 Å². The lowest BCUT2D eigenvalue weighted by molar-refractivity contribution is -0.120. The lowest BCUT2D eigenvalue weighted by Crippen LogP contribution is -2.33. The number of hydrogen-bond donors (Lipinski definition) is 2. The van der Waals surface area contributed by atoms with Crippen LogP contribution >= 0.6 is 11.8 Å². The first-order chi connectivity index (χ1) is 8.40. The molecule has 18 heavy (non-hydrogen) atoms. The fourth-order valence-corrected chi connectivity index (χ4v) is 2.46. The third kappa shape index (κ3) is 4.61. The Bertz CT molecular complexity index is 418. The average Bonchev–Trinajstić information content (AvgIpc) is 2.29. The Morgan fingerprint density at radius 1 is 1.39 bits per heavy atom. The van der Waals surface area contributed by atoms with Crippen LogP contribution in [0.2, 0.25) is 0 Å². The maximum Gasteiger partial charge on any atom is 0.233 e. The number of nitrogens with two attached hydrogens (primary N) is 1. The first-order valence-corrected chi connectivity index (χ1v) is 7.08. The first kappa shape index (κ1) is 14.9. The van der Waals surface area contributed by atoms with E-state index in [1.807, 2.05) is 32.0 Å². The van der Waals surface area contributed by atoms with Crippen molar-refractivity contribution in [1.82, 2.24) is 5.32 Å². The van der Waals surface area contributed by atoms with E-state index in [9.17, 15) is 4.79 Å². The highest BCUT2D eigenvalue weighted by Gasteiger charge is 2.15. The molecular formula is C14H22N2OS. The maximum atomic E-state index is 11.9. The number of anilines is 1. The molecule has 1 unspecified atom stereocenters. The van der Waals surface area contributed by atoms with Crippen LogP contribution in [0.1, 0.15) is 26.3 Å². The summed E-state index contributed by atoms with van der Waals surface area (Å²) in [5.74, 6) is 0.564. The predicted octanol–water partition coefficient (Wildman–Crippen LogP) is 2.83. The molecule has 0 radical (unpaired) electrons. The summed E-state index contributed by atoms with van der Waals surface area (Å²) in [6.07, 6.45) is 0. The van der Waals surface area contributed by atoms with Gasteiger partial charge in [-0.2, -0.15) is 0 Å². The van der Waals surface area contributed by atoms with Crippen molar-refractivity contribution >= 4 is 23.4 Å². The summed E-state index contributed by atoms with van der Waals surface area (Å²) < 4.78 is 0. The van der Waals surface area contributed by atoms with Crippen LogP contribution in [-0.2, 0) is 4.79 Å². The van der Waals surface area contributed by atoms with E-state index in [1.54, 1.807) is 11.8 Å². The summed E-state index contributed by atoms with van der Waals surface area (Å²) in [5.41, 5.74) is 7.58. The number of rotatable bonds is 5. The third-order valence-electron chi connectivity index (χ3n) is 2.56. The van der Waals surface area contributed by atoms with Gasteiger partial charge in [-0.05, 0) is 43.5 Å². The van der Waals surface area contributed by atoms with E-state index >= 15 is 0 Å². The number of hydrogen-bond acceptors (Lipinski definition) is 3. The second-order valence-electron chi connectivity index (χ2n) is 4.92. The van der Waals surface area contributed by atoms with Crippen LogP contribution in [-0.4, -0.2) is 17.7 Å². The normalized spacial score (nSPS) is 12.5. The van der Waals surface area contributed by atoms with Gasteiger partial charge in [0.25, 0.3) is 0 Å². The number of benzene rings is 1. The van der Waals surface area contributed by atoms with Gasteiger partial charge in [-0.3, -0.25) is 4.79 Å². The highest BCUT2D eigenvalue weighted by atomic mass is 32.2. The maximum absolute atomic E-state index is 11.9. The molecule has 1 aromatic carbocycles. The highest BCUT2D eigenvalue weighted by Crippen LogP contribution is 2.27. The van der Waals surface area contributed by atoms with Crippen molar-refractivity contribution in [1.29, 1.82) is 0 Å². The zero-order valence-corrected chi connectivity index (χ0v) is 12.3. The van der Waals surface area contributed by atoms with Crippen molar-refractivity contribution in [3.63, 3.8) is 0 Å². The Morgan fingerprint density at radius 3 is 2.61 bits per heavy atom. The van der Waals surface area contributed by atoms with Gasteiger partial charge in [-0.25, -0.2) is 0 Å². The fraction of sp³-hybridized carbons (Fsp3) is 0.500. The third-order valence-corrected chi connectivity index (χ3v) is 3.84. The standard InChI is InChI=1S/C14H22N2OS/c1-9(2)8-16-14(17)11(4)18-13-6-5-12(15)7-10(13)3/h5-7,9,11H,8,15H2,1-4H3,(H,16,17). The molecule has 0 aliphatic carbocycles.